The van der Waals surface area contributed by atoms with E-state index in [1.54, 1.807) is 4.68 Å². The minimum atomic E-state index is 0. The molecule has 7 nitrogen and oxygen atoms in total. The Hall–Kier alpha value is -3.00. The quantitative estimate of drug-likeness (QED) is 0.489. The molecule has 3 heterocycles. The van der Waals surface area contributed by atoms with Crippen LogP contribution in [0.15, 0.2) is 42.6 Å². The third kappa shape index (κ3) is 3.20. The van der Waals surface area contributed by atoms with Crippen LogP contribution in [-0.4, -0.2) is 24.7 Å². The number of anilines is 3. The third-order valence-electron chi connectivity index (χ3n) is 5.10. The standard InChI is InChI=1S/C20H21N7.H2S/c1-12-11-17(27(2)26-12)23-20-24-18-15(9-10-21-18)19(25-20)22-16-8-7-13-5-3-4-6-14(13)16;/h3-6,9-11,16H,7-8H2,1-2H3,(H3,21,22,23,24,25);1H2/t16-;/m0./s1. The summed E-state index contributed by atoms with van der Waals surface area (Å²) in [5.74, 6) is 2.24. The Morgan fingerprint density at radius 2 is 2.04 bits per heavy atom. The average molecular weight is 394 g/mol. The van der Waals surface area contributed by atoms with Crippen molar-refractivity contribution in [3.05, 3.63) is 59.4 Å². The lowest BCUT2D eigenvalue weighted by molar-refractivity contribution is 0.757. The highest BCUT2D eigenvalue weighted by Gasteiger charge is 2.23. The number of aromatic amines is 1. The largest absolute Gasteiger partial charge is 0.363 e. The van der Waals surface area contributed by atoms with E-state index in [4.69, 9.17) is 4.98 Å². The van der Waals surface area contributed by atoms with Gasteiger partial charge in [0.25, 0.3) is 0 Å². The zero-order chi connectivity index (χ0) is 18.4. The van der Waals surface area contributed by atoms with Crippen LogP contribution >= 0.6 is 13.5 Å². The summed E-state index contributed by atoms with van der Waals surface area (Å²) in [5.41, 5.74) is 4.52. The Morgan fingerprint density at radius 3 is 2.86 bits per heavy atom. The normalized spacial score (nSPS) is 15.3. The molecule has 8 heteroatoms. The molecule has 0 aliphatic heterocycles. The average Bonchev–Trinajstić information content (AvgIpc) is 3.35. The Morgan fingerprint density at radius 1 is 1.18 bits per heavy atom. The predicted octanol–water partition coefficient (Wildman–Crippen LogP) is 3.96. The fourth-order valence-electron chi connectivity index (χ4n) is 3.82. The summed E-state index contributed by atoms with van der Waals surface area (Å²) in [7, 11) is 1.90. The maximum absolute atomic E-state index is 4.76. The molecular formula is C20H23N7S. The molecule has 3 aromatic heterocycles. The van der Waals surface area contributed by atoms with Gasteiger partial charge in [-0.15, -0.1) is 0 Å². The van der Waals surface area contributed by atoms with Gasteiger partial charge < -0.3 is 15.6 Å². The maximum atomic E-state index is 4.76. The van der Waals surface area contributed by atoms with Crippen molar-refractivity contribution in [3.63, 3.8) is 0 Å². The number of hydrogen-bond acceptors (Lipinski definition) is 5. The van der Waals surface area contributed by atoms with Gasteiger partial charge in [0.05, 0.1) is 17.1 Å². The monoisotopic (exact) mass is 393 g/mol. The summed E-state index contributed by atoms with van der Waals surface area (Å²) in [6, 6.07) is 12.9. The van der Waals surface area contributed by atoms with Crippen molar-refractivity contribution in [2.45, 2.75) is 25.8 Å². The van der Waals surface area contributed by atoms with Gasteiger partial charge in [-0.05, 0) is 37.0 Å². The van der Waals surface area contributed by atoms with E-state index in [1.807, 2.05) is 32.3 Å². The van der Waals surface area contributed by atoms with Crippen molar-refractivity contribution >= 4 is 42.1 Å². The number of aryl methyl sites for hydroxylation is 3. The van der Waals surface area contributed by atoms with Crippen LogP contribution in [0.25, 0.3) is 11.0 Å². The number of nitrogens with one attached hydrogen (secondary N) is 3. The van der Waals surface area contributed by atoms with Crippen LogP contribution in [-0.2, 0) is 13.5 Å². The molecule has 0 fully saturated rings. The van der Waals surface area contributed by atoms with Crippen LogP contribution in [0.1, 0.15) is 29.3 Å². The Kier molecular flexibility index (Phi) is 4.72. The van der Waals surface area contributed by atoms with E-state index in [1.165, 1.54) is 11.1 Å². The number of fused-ring (bicyclic) bond motifs is 2. The predicted molar refractivity (Wildman–Crippen MR) is 117 cm³/mol. The Labute approximate surface area is 170 Å². The number of H-pyrrole nitrogens is 1. The van der Waals surface area contributed by atoms with Crippen molar-refractivity contribution in [2.75, 3.05) is 10.6 Å². The van der Waals surface area contributed by atoms with Crippen molar-refractivity contribution in [1.82, 2.24) is 24.7 Å². The fourth-order valence-corrected chi connectivity index (χ4v) is 3.82. The number of nitrogens with zero attached hydrogens (tertiary/aromatic N) is 4. The zero-order valence-electron chi connectivity index (χ0n) is 15.8. The van der Waals surface area contributed by atoms with Gasteiger partial charge in [-0.2, -0.15) is 28.6 Å². The molecule has 1 atom stereocenters. The van der Waals surface area contributed by atoms with Crippen LogP contribution < -0.4 is 10.6 Å². The molecule has 144 valence electrons. The van der Waals surface area contributed by atoms with Crippen molar-refractivity contribution in [1.29, 1.82) is 0 Å². The lowest BCUT2D eigenvalue weighted by Crippen LogP contribution is -2.11. The highest BCUT2D eigenvalue weighted by Crippen LogP contribution is 2.35. The minimum absolute atomic E-state index is 0. The van der Waals surface area contributed by atoms with Gasteiger partial charge in [-0.25, -0.2) is 0 Å². The SMILES string of the molecule is Cc1cc(Nc2nc(N[C@H]3CCc4ccccc43)c3cc[nH]c3n2)n(C)n1.S. The van der Waals surface area contributed by atoms with Gasteiger partial charge in [0.15, 0.2) is 0 Å². The van der Waals surface area contributed by atoms with Gasteiger partial charge in [0.2, 0.25) is 5.95 Å². The highest BCUT2D eigenvalue weighted by atomic mass is 32.1. The first-order chi connectivity index (χ1) is 13.2. The van der Waals surface area contributed by atoms with E-state index in [0.29, 0.717) is 5.95 Å². The lowest BCUT2D eigenvalue weighted by atomic mass is 10.1. The summed E-state index contributed by atoms with van der Waals surface area (Å²) in [5, 5.41) is 12.3. The summed E-state index contributed by atoms with van der Waals surface area (Å²) in [6.07, 6.45) is 4.05. The van der Waals surface area contributed by atoms with E-state index >= 15 is 0 Å². The second-order valence-corrected chi connectivity index (χ2v) is 6.99. The second-order valence-electron chi connectivity index (χ2n) is 6.99. The second kappa shape index (κ2) is 7.20. The molecule has 0 spiro atoms. The van der Waals surface area contributed by atoms with Gasteiger partial charge in [-0.3, -0.25) is 4.68 Å². The first-order valence-corrected chi connectivity index (χ1v) is 9.14. The van der Waals surface area contributed by atoms with E-state index < -0.39 is 0 Å². The minimum Gasteiger partial charge on any atom is -0.363 e. The van der Waals surface area contributed by atoms with Gasteiger partial charge in [0, 0.05) is 19.3 Å². The first kappa shape index (κ1) is 18.4. The summed E-state index contributed by atoms with van der Waals surface area (Å²) in [6.45, 7) is 1.96. The molecule has 4 aromatic rings. The summed E-state index contributed by atoms with van der Waals surface area (Å²) < 4.78 is 1.79. The molecule has 1 aliphatic rings. The van der Waals surface area contributed by atoms with Crippen LogP contribution in [0.3, 0.4) is 0 Å². The topological polar surface area (TPSA) is 83.5 Å². The molecule has 0 radical (unpaired) electrons. The number of hydrogen-bond donors (Lipinski definition) is 3. The summed E-state index contributed by atoms with van der Waals surface area (Å²) >= 11 is 0. The molecule has 3 N–H and O–H groups in total. The van der Waals surface area contributed by atoms with Crippen molar-refractivity contribution < 1.29 is 0 Å². The van der Waals surface area contributed by atoms with Crippen LogP contribution in [0.4, 0.5) is 17.6 Å². The number of rotatable bonds is 4. The highest BCUT2D eigenvalue weighted by molar-refractivity contribution is 7.59. The Balaban J connectivity index is 0.00000192. The molecule has 1 aromatic carbocycles. The number of aromatic nitrogens is 5. The van der Waals surface area contributed by atoms with Crippen LogP contribution in [0, 0.1) is 6.92 Å². The van der Waals surface area contributed by atoms with E-state index in [0.717, 1.165) is 41.2 Å². The van der Waals surface area contributed by atoms with E-state index in [-0.39, 0.29) is 19.5 Å². The third-order valence-corrected chi connectivity index (χ3v) is 5.10. The molecule has 1 aliphatic carbocycles. The molecule has 0 saturated heterocycles. The Bertz CT molecular complexity index is 1130. The van der Waals surface area contributed by atoms with Gasteiger partial charge >= 0.3 is 0 Å². The smallest absolute Gasteiger partial charge is 0.232 e. The van der Waals surface area contributed by atoms with Crippen molar-refractivity contribution in [2.24, 2.45) is 7.05 Å². The fraction of sp³-hybridized carbons (Fsp3) is 0.250. The van der Waals surface area contributed by atoms with E-state index in [9.17, 15) is 0 Å². The molecule has 28 heavy (non-hydrogen) atoms. The van der Waals surface area contributed by atoms with Crippen molar-refractivity contribution in [3.8, 4) is 0 Å². The molecule has 0 unspecified atom stereocenters. The molecule has 5 rings (SSSR count). The molecule has 0 bridgehead atoms. The molecule has 0 amide bonds. The molecule has 0 saturated carbocycles. The lowest BCUT2D eigenvalue weighted by Gasteiger charge is -2.16. The van der Waals surface area contributed by atoms with Crippen LogP contribution in [0.2, 0.25) is 0 Å². The first-order valence-electron chi connectivity index (χ1n) is 9.14. The number of benzene rings is 1. The molecular weight excluding hydrogens is 370 g/mol. The zero-order valence-corrected chi connectivity index (χ0v) is 16.8. The van der Waals surface area contributed by atoms with Crippen LogP contribution in [0.5, 0.6) is 0 Å². The van der Waals surface area contributed by atoms with E-state index in [2.05, 4.69) is 50.0 Å². The van der Waals surface area contributed by atoms with Gasteiger partial charge in [0.1, 0.15) is 17.3 Å². The van der Waals surface area contributed by atoms with Gasteiger partial charge in [-0.1, -0.05) is 24.3 Å². The summed E-state index contributed by atoms with van der Waals surface area (Å²) in [4.78, 5) is 12.6. The maximum Gasteiger partial charge on any atom is 0.232 e.